The SMILES string of the molecule is CC[C@]12CCCN3CC[C@]4(C(=Nc5cc(Br)ccc54)C(O)(C(=O)OC)C1)[C@@H]32. The Kier molecular flexibility index (Phi) is 3.73. The van der Waals surface area contributed by atoms with Crippen LogP contribution in [0, 0.1) is 5.41 Å². The minimum atomic E-state index is -1.65. The number of aliphatic hydroxyl groups is 1. The van der Waals surface area contributed by atoms with E-state index in [0.29, 0.717) is 12.1 Å². The summed E-state index contributed by atoms with van der Waals surface area (Å²) in [7, 11) is 1.36. The monoisotopic (exact) mass is 432 g/mol. The number of benzene rings is 1. The Labute approximate surface area is 167 Å². The summed E-state index contributed by atoms with van der Waals surface area (Å²) in [6.45, 7) is 4.27. The van der Waals surface area contributed by atoms with E-state index in [4.69, 9.17) is 9.73 Å². The van der Waals surface area contributed by atoms with Gasteiger partial charge in [0, 0.05) is 10.5 Å². The molecule has 2 saturated heterocycles. The highest BCUT2D eigenvalue weighted by atomic mass is 79.9. The number of halogens is 1. The van der Waals surface area contributed by atoms with Crippen LogP contribution in [-0.4, -0.2) is 53.5 Å². The molecule has 1 aliphatic carbocycles. The molecule has 0 amide bonds. The number of esters is 1. The Morgan fingerprint density at radius 2 is 2.22 bits per heavy atom. The van der Waals surface area contributed by atoms with Crippen LogP contribution < -0.4 is 0 Å². The predicted octanol–water partition coefficient (Wildman–Crippen LogP) is 3.35. The molecule has 4 aliphatic rings. The first-order valence-corrected chi connectivity index (χ1v) is 10.7. The number of ether oxygens (including phenoxy) is 1. The van der Waals surface area contributed by atoms with Gasteiger partial charge in [-0.3, -0.25) is 9.89 Å². The second kappa shape index (κ2) is 5.65. The lowest BCUT2D eigenvalue weighted by Gasteiger charge is -2.59. The second-order valence-corrected chi connectivity index (χ2v) is 9.55. The van der Waals surface area contributed by atoms with E-state index in [2.05, 4.69) is 39.9 Å². The highest BCUT2D eigenvalue weighted by Gasteiger charge is 2.72. The number of rotatable bonds is 2. The molecule has 0 radical (unpaired) electrons. The zero-order chi connectivity index (χ0) is 19.0. The Morgan fingerprint density at radius 3 is 2.96 bits per heavy atom. The summed E-state index contributed by atoms with van der Waals surface area (Å²) in [5.74, 6) is -0.567. The van der Waals surface area contributed by atoms with E-state index in [9.17, 15) is 9.90 Å². The topological polar surface area (TPSA) is 62.1 Å². The van der Waals surface area contributed by atoms with E-state index in [1.807, 2.05) is 6.07 Å². The van der Waals surface area contributed by atoms with Gasteiger partial charge in [0.1, 0.15) is 0 Å². The van der Waals surface area contributed by atoms with Crippen molar-refractivity contribution in [3.05, 3.63) is 28.2 Å². The maximum absolute atomic E-state index is 12.9. The van der Waals surface area contributed by atoms with E-state index in [1.165, 1.54) is 7.11 Å². The van der Waals surface area contributed by atoms with Crippen molar-refractivity contribution in [2.75, 3.05) is 20.2 Å². The van der Waals surface area contributed by atoms with Gasteiger partial charge in [-0.2, -0.15) is 0 Å². The fourth-order valence-electron chi connectivity index (χ4n) is 6.74. The van der Waals surface area contributed by atoms with Crippen LogP contribution in [0.1, 0.15) is 44.6 Å². The van der Waals surface area contributed by atoms with Crippen molar-refractivity contribution in [3.63, 3.8) is 0 Å². The zero-order valence-electron chi connectivity index (χ0n) is 15.8. The first-order chi connectivity index (χ1) is 12.9. The van der Waals surface area contributed by atoms with Crippen molar-refractivity contribution < 1.29 is 14.6 Å². The van der Waals surface area contributed by atoms with Gasteiger partial charge in [-0.1, -0.05) is 28.9 Å². The molecular weight excluding hydrogens is 408 g/mol. The summed E-state index contributed by atoms with van der Waals surface area (Å²) in [4.78, 5) is 20.4. The van der Waals surface area contributed by atoms with Crippen LogP contribution in [0.3, 0.4) is 0 Å². The van der Waals surface area contributed by atoms with Crippen molar-refractivity contribution in [3.8, 4) is 0 Å². The van der Waals surface area contributed by atoms with Crippen LogP contribution in [-0.2, 0) is 14.9 Å². The number of methoxy groups -OCH3 is 1. The molecule has 1 aromatic rings. The molecule has 5 rings (SSSR count). The lowest BCUT2D eigenvalue weighted by Crippen LogP contribution is -2.71. The summed E-state index contributed by atoms with van der Waals surface area (Å²) >= 11 is 3.54. The molecule has 1 aromatic carbocycles. The summed E-state index contributed by atoms with van der Waals surface area (Å²) in [5.41, 5.74) is 0.503. The van der Waals surface area contributed by atoms with Crippen LogP contribution in [0.5, 0.6) is 0 Å². The highest BCUT2D eigenvalue weighted by molar-refractivity contribution is 9.10. The quantitative estimate of drug-likeness (QED) is 0.727. The molecule has 27 heavy (non-hydrogen) atoms. The molecule has 3 heterocycles. The van der Waals surface area contributed by atoms with Crippen molar-refractivity contribution in [1.82, 2.24) is 4.90 Å². The summed E-state index contributed by atoms with van der Waals surface area (Å²) < 4.78 is 6.06. The maximum Gasteiger partial charge on any atom is 0.343 e. The Bertz CT molecular complexity index is 871. The average Bonchev–Trinajstić information content (AvgIpc) is 3.22. The van der Waals surface area contributed by atoms with Crippen LogP contribution in [0.25, 0.3) is 0 Å². The number of fused-ring (bicyclic) bond motifs is 1. The molecule has 1 N–H and O–H groups in total. The lowest BCUT2D eigenvalue weighted by molar-refractivity contribution is -0.163. The highest BCUT2D eigenvalue weighted by Crippen LogP contribution is 2.65. The van der Waals surface area contributed by atoms with Gasteiger partial charge < -0.3 is 9.84 Å². The Morgan fingerprint density at radius 1 is 1.41 bits per heavy atom. The van der Waals surface area contributed by atoms with Gasteiger partial charge >= 0.3 is 5.97 Å². The number of hydrogen-bond acceptors (Lipinski definition) is 5. The molecule has 4 atom stereocenters. The van der Waals surface area contributed by atoms with Crippen molar-refractivity contribution in [2.24, 2.45) is 10.4 Å². The van der Waals surface area contributed by atoms with Gasteiger partial charge in [0.05, 0.1) is 23.9 Å². The number of carbonyl (C=O) groups is 1. The van der Waals surface area contributed by atoms with Gasteiger partial charge in [0.25, 0.3) is 0 Å². The number of aliphatic imine (C=N–C) groups is 1. The van der Waals surface area contributed by atoms with Crippen LogP contribution in [0.15, 0.2) is 27.7 Å². The molecule has 6 heteroatoms. The first-order valence-electron chi connectivity index (χ1n) is 9.86. The normalized spacial score (nSPS) is 39.4. The molecule has 5 nitrogen and oxygen atoms in total. The van der Waals surface area contributed by atoms with Gasteiger partial charge in [-0.05, 0) is 68.3 Å². The van der Waals surface area contributed by atoms with E-state index in [1.54, 1.807) is 0 Å². The van der Waals surface area contributed by atoms with Crippen molar-refractivity contribution in [2.45, 2.75) is 56.1 Å². The average molecular weight is 433 g/mol. The lowest BCUT2D eigenvalue weighted by atomic mass is 9.49. The molecule has 144 valence electrons. The Hall–Kier alpha value is -1.24. The smallest absolute Gasteiger partial charge is 0.343 e. The van der Waals surface area contributed by atoms with Crippen LogP contribution in [0.2, 0.25) is 0 Å². The molecule has 3 fully saturated rings. The minimum absolute atomic E-state index is 0.106. The van der Waals surface area contributed by atoms with E-state index >= 15 is 0 Å². The fraction of sp³-hybridized carbons (Fsp3) is 0.619. The summed E-state index contributed by atoms with van der Waals surface area (Å²) in [6.07, 6.45) is 4.38. The molecular formula is C21H25BrN2O3. The van der Waals surface area contributed by atoms with Crippen molar-refractivity contribution >= 4 is 33.3 Å². The second-order valence-electron chi connectivity index (χ2n) is 8.63. The molecule has 3 aliphatic heterocycles. The molecule has 0 aromatic heterocycles. The molecule has 0 bridgehead atoms. The summed E-state index contributed by atoms with van der Waals surface area (Å²) in [5, 5.41) is 11.8. The molecule has 1 saturated carbocycles. The standard InChI is InChI=1S/C21H25BrN2O3/c1-3-19-7-4-9-24-10-8-20(17(19)24)14-6-5-13(22)11-15(14)23-16(20)21(26,12-19)18(25)27-2/h5-6,11,17,26H,3-4,7-10,12H2,1-2H3/t17-,19-,20-,21?/m0/s1. The number of piperidine rings is 1. The fourth-order valence-corrected chi connectivity index (χ4v) is 7.09. The van der Waals surface area contributed by atoms with Crippen molar-refractivity contribution in [1.29, 1.82) is 0 Å². The van der Waals surface area contributed by atoms with E-state index in [0.717, 1.165) is 54.5 Å². The number of carbonyl (C=O) groups excluding carboxylic acids is 1. The summed E-state index contributed by atoms with van der Waals surface area (Å²) in [6, 6.07) is 6.48. The van der Waals surface area contributed by atoms with E-state index < -0.39 is 17.0 Å². The largest absolute Gasteiger partial charge is 0.467 e. The number of nitrogens with zero attached hydrogens (tertiary/aromatic N) is 2. The minimum Gasteiger partial charge on any atom is -0.467 e. The van der Waals surface area contributed by atoms with E-state index in [-0.39, 0.29) is 11.5 Å². The third-order valence-electron chi connectivity index (χ3n) is 7.65. The third-order valence-corrected chi connectivity index (χ3v) is 8.14. The zero-order valence-corrected chi connectivity index (χ0v) is 17.4. The Balaban J connectivity index is 1.81. The third kappa shape index (κ3) is 2.02. The predicted molar refractivity (Wildman–Crippen MR) is 106 cm³/mol. The first kappa shape index (κ1) is 17.8. The molecule has 1 spiro atoms. The van der Waals surface area contributed by atoms with Gasteiger partial charge in [-0.25, -0.2) is 4.79 Å². The maximum atomic E-state index is 12.9. The van der Waals surface area contributed by atoms with Gasteiger partial charge in [0.2, 0.25) is 5.60 Å². The van der Waals surface area contributed by atoms with Crippen LogP contribution >= 0.6 is 15.9 Å². The van der Waals surface area contributed by atoms with Gasteiger partial charge in [-0.15, -0.1) is 0 Å². The number of hydrogen-bond donors (Lipinski definition) is 1. The molecule has 1 unspecified atom stereocenters. The van der Waals surface area contributed by atoms with Gasteiger partial charge in [0.15, 0.2) is 0 Å². The van der Waals surface area contributed by atoms with Crippen LogP contribution in [0.4, 0.5) is 5.69 Å².